The van der Waals surface area contributed by atoms with E-state index in [1.54, 1.807) is 36.2 Å². The van der Waals surface area contributed by atoms with E-state index in [1.807, 2.05) is 13.8 Å². The summed E-state index contributed by atoms with van der Waals surface area (Å²) >= 11 is 0. The second-order valence-corrected chi connectivity index (χ2v) is 6.15. The minimum Gasteiger partial charge on any atom is -0.508 e. The van der Waals surface area contributed by atoms with Crippen molar-refractivity contribution < 1.29 is 9.90 Å². The van der Waals surface area contributed by atoms with Crippen LogP contribution >= 0.6 is 0 Å². The molecule has 4 heteroatoms. The molecule has 0 radical (unpaired) electrons. The van der Waals surface area contributed by atoms with E-state index in [0.29, 0.717) is 5.92 Å². The second-order valence-electron chi connectivity index (χ2n) is 6.15. The van der Waals surface area contributed by atoms with Gasteiger partial charge in [0, 0.05) is 18.2 Å². The van der Waals surface area contributed by atoms with E-state index in [2.05, 4.69) is 5.32 Å². The monoisotopic (exact) mass is 276 g/mol. The molecule has 2 N–H and O–H groups in total. The number of benzene rings is 1. The van der Waals surface area contributed by atoms with Crippen LogP contribution in [0.15, 0.2) is 24.3 Å². The third-order valence-corrected chi connectivity index (χ3v) is 4.41. The fraction of sp³-hybridized carbons (Fsp3) is 0.562. The third-order valence-electron chi connectivity index (χ3n) is 4.41. The van der Waals surface area contributed by atoms with Crippen molar-refractivity contribution in [3.05, 3.63) is 24.3 Å². The number of hydrogen-bond donors (Lipinski definition) is 2. The molecule has 1 aliphatic rings. The zero-order valence-electron chi connectivity index (χ0n) is 12.5. The van der Waals surface area contributed by atoms with Crippen molar-refractivity contribution in [2.75, 3.05) is 25.0 Å². The van der Waals surface area contributed by atoms with Gasteiger partial charge in [-0.2, -0.15) is 0 Å². The van der Waals surface area contributed by atoms with Gasteiger partial charge in [-0.3, -0.25) is 4.79 Å². The number of phenolic OH excluding ortho intramolecular Hbond substituents is 1. The number of hydrogen-bond acceptors (Lipinski definition) is 3. The van der Waals surface area contributed by atoms with E-state index >= 15 is 0 Å². The lowest BCUT2D eigenvalue weighted by Gasteiger charge is -2.38. The molecule has 1 aliphatic heterocycles. The highest BCUT2D eigenvalue weighted by atomic mass is 16.3. The molecular weight excluding hydrogens is 252 g/mol. The highest BCUT2D eigenvalue weighted by Crippen LogP contribution is 2.34. The Morgan fingerprint density at radius 1 is 1.35 bits per heavy atom. The molecule has 0 bridgehead atoms. The first-order valence-electron chi connectivity index (χ1n) is 7.21. The van der Waals surface area contributed by atoms with Crippen LogP contribution in [0.3, 0.4) is 0 Å². The van der Waals surface area contributed by atoms with Gasteiger partial charge < -0.3 is 15.3 Å². The summed E-state index contributed by atoms with van der Waals surface area (Å²) in [6.45, 7) is 6.02. The van der Waals surface area contributed by atoms with Gasteiger partial charge in [-0.25, -0.2) is 0 Å². The molecule has 1 atom stereocenters. The summed E-state index contributed by atoms with van der Waals surface area (Å²) in [5.41, 5.74) is 0.421. The Morgan fingerprint density at radius 2 is 2.00 bits per heavy atom. The number of rotatable bonds is 3. The first kappa shape index (κ1) is 14.9. The predicted molar refractivity (Wildman–Crippen MR) is 80.9 cm³/mol. The summed E-state index contributed by atoms with van der Waals surface area (Å²) in [5, 5.41) is 12.7. The van der Waals surface area contributed by atoms with Crippen LogP contribution in [0.25, 0.3) is 0 Å². The van der Waals surface area contributed by atoms with Gasteiger partial charge in [-0.15, -0.1) is 0 Å². The van der Waals surface area contributed by atoms with Gasteiger partial charge in [0.15, 0.2) is 0 Å². The Bertz CT molecular complexity index is 462. The number of amides is 1. The number of phenols is 1. The molecule has 1 aromatic rings. The molecule has 0 aliphatic carbocycles. The Kier molecular flexibility index (Phi) is 4.33. The van der Waals surface area contributed by atoms with Crippen molar-refractivity contribution >= 4 is 11.6 Å². The molecule has 0 saturated carbocycles. The normalized spacial score (nSPS) is 19.6. The number of aromatic hydroxyl groups is 1. The fourth-order valence-electron chi connectivity index (χ4n) is 2.87. The van der Waals surface area contributed by atoms with E-state index in [9.17, 15) is 9.90 Å². The Morgan fingerprint density at radius 3 is 2.55 bits per heavy atom. The summed E-state index contributed by atoms with van der Waals surface area (Å²) in [7, 11) is 1.80. The predicted octanol–water partition coefficient (Wildman–Crippen LogP) is 2.38. The van der Waals surface area contributed by atoms with Crippen molar-refractivity contribution in [3.63, 3.8) is 0 Å². The summed E-state index contributed by atoms with van der Waals surface area (Å²) < 4.78 is 0. The molecule has 1 fully saturated rings. The maximum absolute atomic E-state index is 12.8. The lowest BCUT2D eigenvalue weighted by Crippen LogP contribution is -2.48. The highest BCUT2D eigenvalue weighted by Gasteiger charge is 2.39. The van der Waals surface area contributed by atoms with Crippen LogP contribution in [0.1, 0.15) is 26.7 Å². The van der Waals surface area contributed by atoms with E-state index in [0.717, 1.165) is 31.6 Å². The van der Waals surface area contributed by atoms with Gasteiger partial charge in [0.25, 0.3) is 0 Å². The lowest BCUT2D eigenvalue weighted by atomic mass is 9.74. The molecule has 4 nitrogen and oxygen atoms in total. The van der Waals surface area contributed by atoms with Crippen molar-refractivity contribution in [2.45, 2.75) is 26.7 Å². The van der Waals surface area contributed by atoms with Gasteiger partial charge in [-0.1, -0.05) is 13.8 Å². The quantitative estimate of drug-likeness (QED) is 0.891. The van der Waals surface area contributed by atoms with Crippen LogP contribution < -0.4 is 10.2 Å². The zero-order valence-corrected chi connectivity index (χ0v) is 12.5. The maximum Gasteiger partial charge on any atom is 0.232 e. The Labute approximate surface area is 120 Å². The van der Waals surface area contributed by atoms with Gasteiger partial charge >= 0.3 is 0 Å². The minimum atomic E-state index is -0.389. The van der Waals surface area contributed by atoms with E-state index in [-0.39, 0.29) is 17.1 Å². The molecule has 1 aromatic carbocycles. The highest BCUT2D eigenvalue weighted by molar-refractivity contribution is 5.96. The fourth-order valence-corrected chi connectivity index (χ4v) is 2.87. The summed E-state index contributed by atoms with van der Waals surface area (Å²) in [4.78, 5) is 14.5. The molecule has 1 heterocycles. The third kappa shape index (κ3) is 2.96. The molecule has 20 heavy (non-hydrogen) atoms. The smallest absolute Gasteiger partial charge is 0.232 e. The summed E-state index contributed by atoms with van der Waals surface area (Å²) in [6, 6.07) is 6.74. The van der Waals surface area contributed by atoms with E-state index in [4.69, 9.17) is 0 Å². The number of nitrogens with zero attached hydrogens (tertiary/aromatic N) is 1. The minimum absolute atomic E-state index is 0.122. The molecule has 2 rings (SSSR count). The van der Waals surface area contributed by atoms with Crippen molar-refractivity contribution in [1.29, 1.82) is 0 Å². The molecular formula is C16H24N2O2. The van der Waals surface area contributed by atoms with Crippen LogP contribution in [0.4, 0.5) is 5.69 Å². The largest absolute Gasteiger partial charge is 0.508 e. The second kappa shape index (κ2) is 5.83. The number of anilines is 1. The van der Waals surface area contributed by atoms with Crippen molar-refractivity contribution in [3.8, 4) is 5.75 Å². The van der Waals surface area contributed by atoms with Gasteiger partial charge in [0.2, 0.25) is 5.91 Å². The lowest BCUT2D eigenvalue weighted by molar-refractivity contribution is -0.129. The van der Waals surface area contributed by atoms with Crippen LogP contribution in [0.5, 0.6) is 5.75 Å². The Balaban J connectivity index is 2.14. The average molecular weight is 276 g/mol. The first-order valence-corrected chi connectivity index (χ1v) is 7.21. The molecule has 110 valence electrons. The molecule has 1 unspecified atom stereocenters. The topological polar surface area (TPSA) is 52.6 Å². The molecule has 0 aromatic heterocycles. The number of carbonyl (C=O) groups excluding carboxylic acids is 1. The molecule has 0 spiro atoms. The van der Waals surface area contributed by atoms with Crippen molar-refractivity contribution in [1.82, 2.24) is 5.32 Å². The van der Waals surface area contributed by atoms with Crippen LogP contribution in [-0.4, -0.2) is 31.2 Å². The number of carbonyl (C=O) groups is 1. The number of piperidine rings is 1. The first-order chi connectivity index (χ1) is 9.43. The zero-order chi connectivity index (χ0) is 14.8. The van der Waals surface area contributed by atoms with Gasteiger partial charge in [0.05, 0.1) is 0 Å². The molecule has 1 amide bonds. The van der Waals surface area contributed by atoms with Gasteiger partial charge in [-0.05, 0) is 56.1 Å². The van der Waals surface area contributed by atoms with Crippen LogP contribution in [0.2, 0.25) is 0 Å². The SMILES string of the molecule is CN(C(=O)C(C)(C)C1CCCNC1)c1ccc(O)cc1. The van der Waals surface area contributed by atoms with E-state index < -0.39 is 0 Å². The van der Waals surface area contributed by atoms with Crippen LogP contribution in [0, 0.1) is 11.3 Å². The summed E-state index contributed by atoms with van der Waals surface area (Å²) in [5.74, 6) is 0.700. The van der Waals surface area contributed by atoms with E-state index in [1.165, 1.54) is 0 Å². The standard InChI is InChI=1S/C16H24N2O2/c1-16(2,12-5-4-10-17-11-12)15(20)18(3)13-6-8-14(19)9-7-13/h6-9,12,17,19H,4-5,10-11H2,1-3H3. The van der Waals surface area contributed by atoms with Crippen molar-refractivity contribution in [2.24, 2.45) is 11.3 Å². The number of nitrogens with one attached hydrogen (secondary N) is 1. The van der Waals surface area contributed by atoms with Gasteiger partial charge in [0.1, 0.15) is 5.75 Å². The maximum atomic E-state index is 12.8. The summed E-state index contributed by atoms with van der Waals surface area (Å²) in [6.07, 6.45) is 2.22. The van der Waals surface area contributed by atoms with Crippen LogP contribution in [-0.2, 0) is 4.79 Å². The average Bonchev–Trinajstić information content (AvgIpc) is 2.47. The Hall–Kier alpha value is -1.55. The molecule has 1 saturated heterocycles.